The molecule has 22 heteroatoms. The second-order valence-electron chi connectivity index (χ2n) is 14.3. The Balaban J connectivity index is 0.000000164. The van der Waals surface area contributed by atoms with Gasteiger partial charge in [-0.3, -0.25) is 13.9 Å². The number of benzene rings is 4. The van der Waals surface area contributed by atoms with E-state index < -0.39 is 26.2 Å². The molecule has 3 N–H and O–H groups in total. The van der Waals surface area contributed by atoms with E-state index in [9.17, 15) is 35.5 Å². The summed E-state index contributed by atoms with van der Waals surface area (Å²) >= 11 is 2.41. The van der Waals surface area contributed by atoms with Crippen LogP contribution >= 0.6 is 22.7 Å². The van der Waals surface area contributed by atoms with Crippen molar-refractivity contribution in [2.75, 3.05) is 36.0 Å². The summed E-state index contributed by atoms with van der Waals surface area (Å²) in [7, 11) is -8.95. The summed E-state index contributed by atoms with van der Waals surface area (Å²) in [6.45, 7) is 3.32. The molecule has 17 nitrogen and oxygen atoms in total. The number of aromatic carboxylic acids is 1. The van der Waals surface area contributed by atoms with Gasteiger partial charge >= 0.3 is 5.97 Å². The van der Waals surface area contributed by atoms with Crippen molar-refractivity contribution in [3.63, 3.8) is 0 Å². The predicted molar refractivity (Wildman–Crippen MR) is 221 cm³/mol. The minimum absolute atomic E-state index is 0. The number of aryl methyl sites for hydroxylation is 1. The van der Waals surface area contributed by atoms with Gasteiger partial charge in [-0.2, -0.15) is 16.8 Å². The van der Waals surface area contributed by atoms with Crippen molar-refractivity contribution in [2.24, 2.45) is 20.5 Å². The Morgan fingerprint density at radius 2 is 1.18 bits per heavy atom. The molecule has 6 heterocycles. The number of aromatic nitrogens is 2. The smallest absolute Gasteiger partial charge is 0.335 e. The van der Waals surface area contributed by atoms with Crippen LogP contribution in [0.3, 0.4) is 0 Å². The van der Waals surface area contributed by atoms with Crippen molar-refractivity contribution in [3.05, 3.63) is 81.9 Å². The molecule has 6 aromatic rings. The average Bonchev–Trinajstić information content (AvgIpc) is 4.01. The third-order valence-electron chi connectivity index (χ3n) is 10.6. The first-order valence-corrected chi connectivity index (χ1v) is 22.9. The fourth-order valence-corrected chi connectivity index (χ4v) is 11.7. The number of thiazole rings is 2. The van der Waals surface area contributed by atoms with Crippen LogP contribution in [0, 0.1) is 0 Å². The van der Waals surface area contributed by atoms with Gasteiger partial charge in [-0.15, -0.1) is 20.5 Å². The van der Waals surface area contributed by atoms with E-state index in [1.165, 1.54) is 23.5 Å². The molecule has 0 fully saturated rings. The van der Waals surface area contributed by atoms with Crippen molar-refractivity contribution in [3.8, 4) is 0 Å². The normalized spacial score (nSPS) is 15.6. The molecule has 0 radical (unpaired) electrons. The molecule has 4 aliphatic heterocycles. The van der Waals surface area contributed by atoms with Crippen LogP contribution in [0.15, 0.2) is 78.8 Å². The molecule has 10 rings (SSSR count). The van der Waals surface area contributed by atoms with Gasteiger partial charge in [-0.25, -0.2) is 14.8 Å². The molecule has 0 atom stereocenters. The Kier molecular flexibility index (Phi) is 11.2. The Morgan fingerprint density at radius 1 is 0.667 bits per heavy atom. The van der Waals surface area contributed by atoms with Crippen molar-refractivity contribution in [1.29, 1.82) is 0 Å². The Morgan fingerprint density at radius 3 is 1.75 bits per heavy atom. The van der Waals surface area contributed by atoms with Crippen LogP contribution in [0.4, 0.5) is 33.0 Å². The number of azo groups is 2. The van der Waals surface area contributed by atoms with Gasteiger partial charge in [0.2, 0.25) is 10.3 Å². The summed E-state index contributed by atoms with van der Waals surface area (Å²) in [6, 6.07) is 13.1. The third-order valence-corrected chi connectivity index (χ3v) is 14.4. The minimum Gasteiger partial charge on any atom is -0.478 e. The Bertz CT molecular complexity index is 3060. The van der Waals surface area contributed by atoms with Crippen LogP contribution in [0.1, 0.15) is 55.8 Å². The molecular weight excluding hydrogens is 899 g/mol. The van der Waals surface area contributed by atoms with E-state index in [2.05, 4.69) is 40.2 Å². The zero-order valence-corrected chi connectivity index (χ0v) is 35.3. The number of rotatable bonds is 8. The number of hydrogen-bond donors (Lipinski definition) is 3. The molecule has 0 unspecified atom stereocenters. The summed E-state index contributed by atoms with van der Waals surface area (Å²) in [5.41, 5.74) is 7.26. The first kappa shape index (κ1) is 41.6. The number of nitrogens with zero attached hydrogens (tertiary/aromatic N) is 8. The second kappa shape index (κ2) is 16.1. The fraction of sp³-hybridized carbons (Fsp3) is 0.263. The Labute approximate surface area is 360 Å². The van der Waals surface area contributed by atoms with Crippen molar-refractivity contribution < 1.29 is 57.1 Å². The van der Waals surface area contributed by atoms with E-state index in [4.69, 9.17) is 5.11 Å². The van der Waals surface area contributed by atoms with E-state index in [1.807, 2.05) is 0 Å². The van der Waals surface area contributed by atoms with E-state index >= 15 is 0 Å². The maximum absolute atomic E-state index is 12.2. The van der Waals surface area contributed by atoms with Crippen LogP contribution < -0.4 is 9.80 Å². The number of carboxylic acid groups (broad SMARTS) is 1. The predicted octanol–water partition coefficient (Wildman–Crippen LogP) is 8.04. The first-order chi connectivity index (χ1) is 28.2. The first-order valence-electron chi connectivity index (χ1n) is 18.4. The van der Waals surface area contributed by atoms with Crippen LogP contribution in [0.5, 0.6) is 0 Å². The molecule has 0 spiro atoms. The van der Waals surface area contributed by atoms with Gasteiger partial charge in [-0.05, 0) is 104 Å². The maximum atomic E-state index is 12.2. The number of carbonyl (C=O) groups is 2. The van der Waals surface area contributed by atoms with Gasteiger partial charge < -0.3 is 14.9 Å². The molecule has 312 valence electrons. The summed E-state index contributed by atoms with van der Waals surface area (Å²) in [5.74, 6) is -1.03. The molecule has 0 amide bonds. The Hall–Kier alpha value is -5.09. The number of carboxylic acids is 1. The molecule has 0 bridgehead atoms. The molecule has 4 aliphatic rings. The summed E-state index contributed by atoms with van der Waals surface area (Å²) in [5, 5.41) is 26.3. The van der Waals surface area contributed by atoms with Crippen LogP contribution in [0.2, 0.25) is 0 Å². The standard InChI is InChI=1S/C19H16N4O5S2.C19H16N4O4S2.Ni/c24-18(25)11-3-4-13-15(9-11)29-19(20-13)22-21-14-8-10-2-1-6-23-7-5-12(16(10)23)17(14)30(26,27)28;24-10-11-3-4-14-16(8-11)28-19(20-14)22-21-15-9-12-5-7-23-6-1-2-13(17(12)23)18(15)29(25,26)27;/h3-4,8-9H,1-2,5-7H2,(H,24,25)(H,26,27,28);3-4,8-10H,1-2,5-7H2,(H,25,26,27);. The van der Waals surface area contributed by atoms with Gasteiger partial charge in [0.15, 0.2) is 0 Å². The molecule has 0 saturated carbocycles. The number of anilines is 2. The monoisotopic (exact) mass is 930 g/mol. The van der Waals surface area contributed by atoms with Crippen molar-refractivity contribution in [2.45, 2.75) is 48.3 Å². The zero-order valence-electron chi connectivity index (χ0n) is 31.1. The summed E-state index contributed by atoms with van der Waals surface area (Å²) in [4.78, 5) is 34.7. The molecule has 60 heavy (non-hydrogen) atoms. The van der Waals surface area contributed by atoms with Crippen LogP contribution in [0.25, 0.3) is 20.4 Å². The van der Waals surface area contributed by atoms with Gasteiger partial charge in [-0.1, -0.05) is 22.7 Å². The van der Waals surface area contributed by atoms with Crippen molar-refractivity contribution in [1.82, 2.24) is 9.97 Å². The number of hydrogen-bond acceptors (Lipinski definition) is 16. The fourth-order valence-electron chi connectivity index (χ4n) is 8.27. The second-order valence-corrected chi connectivity index (χ2v) is 19.0. The van der Waals surface area contributed by atoms with Gasteiger partial charge in [0.1, 0.15) is 27.5 Å². The molecular formula is C38H32N8NiO9S4. The molecule has 4 aromatic carbocycles. The molecule has 0 aliphatic carbocycles. The van der Waals surface area contributed by atoms with E-state index in [0.29, 0.717) is 50.4 Å². The van der Waals surface area contributed by atoms with Crippen LogP contribution in [-0.2, 0) is 62.4 Å². The molecule has 2 aromatic heterocycles. The van der Waals surface area contributed by atoms with Gasteiger partial charge in [0, 0.05) is 65.2 Å². The van der Waals surface area contributed by atoms with E-state index in [-0.39, 0.29) is 48.4 Å². The van der Waals surface area contributed by atoms with Gasteiger partial charge in [0.05, 0.1) is 26.0 Å². The quantitative estimate of drug-likeness (QED) is 0.0567. The molecule has 0 saturated heterocycles. The van der Waals surface area contributed by atoms with Crippen LogP contribution in [-0.4, -0.2) is 79.5 Å². The summed E-state index contributed by atoms with van der Waals surface area (Å²) in [6.07, 6.45) is 5.29. The van der Waals surface area contributed by atoms with Gasteiger partial charge in [0.25, 0.3) is 20.2 Å². The zero-order chi connectivity index (χ0) is 41.2. The average molecular weight is 932 g/mol. The number of aldehydes is 1. The minimum atomic E-state index is -4.49. The van der Waals surface area contributed by atoms with E-state index in [1.54, 1.807) is 36.4 Å². The number of fused-ring (bicyclic) bond motifs is 2. The van der Waals surface area contributed by atoms with Crippen molar-refractivity contribution >= 4 is 109 Å². The number of carbonyl (C=O) groups excluding carboxylic acids is 1. The SMILES string of the molecule is O=C(O)c1ccc2nc(N=Nc3cc4c5c(c3S(=O)(=O)O)CCN5CCC4)sc2c1.O=Cc1ccc2nc(N=Nc3cc4c5c(c3S(=O)(=O)O)CCCN5CC4)sc2c1.[Ni]. The summed E-state index contributed by atoms with van der Waals surface area (Å²) < 4.78 is 69.9. The largest absolute Gasteiger partial charge is 0.478 e. The third kappa shape index (κ3) is 7.83. The van der Waals surface area contributed by atoms with E-state index in [0.717, 1.165) is 96.7 Å². The maximum Gasteiger partial charge on any atom is 0.335 e. The topological polar surface area (TPSA) is 245 Å².